The SMILES string of the molecule is CCC(c1ccccc1)c1nnc(SCCCOCC(F)(F)F)o1. The number of nitrogens with zero attached hydrogens (tertiary/aromatic N) is 2. The van der Waals surface area contributed by atoms with Crippen LogP contribution in [0.1, 0.15) is 37.1 Å². The van der Waals surface area contributed by atoms with Gasteiger partial charge >= 0.3 is 6.18 Å². The lowest BCUT2D eigenvalue weighted by molar-refractivity contribution is -0.173. The van der Waals surface area contributed by atoms with Gasteiger partial charge in [0.05, 0.1) is 5.92 Å². The van der Waals surface area contributed by atoms with Crippen LogP contribution in [-0.2, 0) is 4.74 Å². The van der Waals surface area contributed by atoms with Crippen molar-refractivity contribution in [1.82, 2.24) is 10.2 Å². The minimum absolute atomic E-state index is 0.0446. The van der Waals surface area contributed by atoms with E-state index >= 15 is 0 Å². The molecule has 0 saturated heterocycles. The summed E-state index contributed by atoms with van der Waals surface area (Å²) in [5.41, 5.74) is 1.11. The van der Waals surface area contributed by atoms with Crippen molar-refractivity contribution >= 4 is 11.8 Å². The molecule has 0 aliphatic carbocycles. The Hall–Kier alpha value is -1.54. The number of rotatable bonds is 9. The second-order valence-electron chi connectivity index (χ2n) is 5.15. The van der Waals surface area contributed by atoms with E-state index in [0.29, 0.717) is 23.3 Å². The zero-order chi connectivity index (χ0) is 17.4. The summed E-state index contributed by atoms with van der Waals surface area (Å²) in [5, 5.41) is 8.51. The molecule has 0 amide bonds. The van der Waals surface area contributed by atoms with Gasteiger partial charge in [-0.1, -0.05) is 49.0 Å². The Balaban J connectivity index is 1.78. The van der Waals surface area contributed by atoms with E-state index in [1.54, 1.807) is 0 Å². The van der Waals surface area contributed by atoms with Gasteiger partial charge in [-0.25, -0.2) is 0 Å². The van der Waals surface area contributed by atoms with Gasteiger partial charge in [-0.05, 0) is 18.4 Å². The van der Waals surface area contributed by atoms with Crippen LogP contribution in [0, 0.1) is 0 Å². The average Bonchev–Trinajstić information content (AvgIpc) is 3.00. The van der Waals surface area contributed by atoms with E-state index in [0.717, 1.165) is 12.0 Å². The molecule has 0 aliphatic rings. The molecule has 2 aromatic rings. The molecule has 132 valence electrons. The fourth-order valence-corrected chi connectivity index (χ4v) is 2.85. The van der Waals surface area contributed by atoms with Gasteiger partial charge in [-0.15, -0.1) is 10.2 Å². The third-order valence-electron chi connectivity index (χ3n) is 3.25. The Morgan fingerprint density at radius 3 is 2.62 bits per heavy atom. The van der Waals surface area contributed by atoms with Crippen molar-refractivity contribution in [2.75, 3.05) is 19.0 Å². The van der Waals surface area contributed by atoms with Gasteiger partial charge < -0.3 is 9.15 Å². The third kappa shape index (κ3) is 6.16. The maximum absolute atomic E-state index is 11.9. The smallest absolute Gasteiger partial charge is 0.411 e. The van der Waals surface area contributed by atoms with Crippen molar-refractivity contribution in [1.29, 1.82) is 0 Å². The molecule has 1 atom stereocenters. The van der Waals surface area contributed by atoms with Crippen LogP contribution in [0.4, 0.5) is 13.2 Å². The molecule has 1 aromatic carbocycles. The molecule has 1 heterocycles. The van der Waals surface area contributed by atoms with Gasteiger partial charge in [0, 0.05) is 12.4 Å². The first kappa shape index (κ1) is 18.8. The van der Waals surface area contributed by atoms with Gasteiger partial charge in [0.25, 0.3) is 5.22 Å². The molecule has 8 heteroatoms. The second-order valence-corrected chi connectivity index (χ2v) is 6.19. The highest BCUT2D eigenvalue weighted by Gasteiger charge is 2.27. The molecule has 0 spiro atoms. The molecular weight excluding hydrogens is 341 g/mol. The van der Waals surface area contributed by atoms with Crippen LogP contribution < -0.4 is 0 Å². The zero-order valence-electron chi connectivity index (χ0n) is 13.3. The van der Waals surface area contributed by atoms with Crippen molar-refractivity contribution in [3.05, 3.63) is 41.8 Å². The monoisotopic (exact) mass is 360 g/mol. The average molecular weight is 360 g/mol. The zero-order valence-corrected chi connectivity index (χ0v) is 14.1. The number of benzene rings is 1. The second kappa shape index (κ2) is 9.08. The lowest BCUT2D eigenvalue weighted by atomic mass is 9.97. The summed E-state index contributed by atoms with van der Waals surface area (Å²) < 4.78 is 46.0. The molecule has 24 heavy (non-hydrogen) atoms. The predicted octanol–water partition coefficient (Wildman–Crippen LogP) is 4.67. The maximum Gasteiger partial charge on any atom is 0.411 e. The summed E-state index contributed by atoms with van der Waals surface area (Å²) in [6.45, 7) is 0.888. The first-order chi connectivity index (χ1) is 11.5. The molecule has 0 radical (unpaired) electrons. The van der Waals surface area contributed by atoms with E-state index < -0.39 is 12.8 Å². The molecule has 0 bridgehead atoms. The number of hydrogen-bond acceptors (Lipinski definition) is 5. The molecule has 4 nitrogen and oxygen atoms in total. The molecule has 0 N–H and O–H groups in total. The van der Waals surface area contributed by atoms with Crippen LogP contribution in [0.3, 0.4) is 0 Å². The fraction of sp³-hybridized carbons (Fsp3) is 0.500. The van der Waals surface area contributed by atoms with E-state index in [1.165, 1.54) is 11.8 Å². The standard InChI is InChI=1S/C16H19F3N2O2S/c1-2-13(12-7-4-3-5-8-12)14-20-21-15(23-14)24-10-6-9-22-11-16(17,18)19/h3-5,7-8,13H,2,6,9-11H2,1H3. The van der Waals surface area contributed by atoms with Crippen LogP contribution in [0.15, 0.2) is 40.0 Å². The van der Waals surface area contributed by atoms with Crippen molar-refractivity contribution < 1.29 is 22.3 Å². The van der Waals surface area contributed by atoms with Crippen LogP contribution in [-0.4, -0.2) is 35.3 Å². The number of hydrogen-bond donors (Lipinski definition) is 0. The fourth-order valence-electron chi connectivity index (χ4n) is 2.17. The Bertz CT molecular complexity index is 605. The largest absolute Gasteiger partial charge is 0.415 e. The van der Waals surface area contributed by atoms with Crippen LogP contribution in [0.25, 0.3) is 0 Å². The lowest BCUT2D eigenvalue weighted by Crippen LogP contribution is -2.17. The summed E-state index contributed by atoms with van der Waals surface area (Å²) in [5.74, 6) is 1.16. The third-order valence-corrected chi connectivity index (χ3v) is 4.16. The minimum Gasteiger partial charge on any atom is -0.415 e. The Morgan fingerprint density at radius 1 is 1.21 bits per heavy atom. The molecular formula is C16H19F3N2O2S. The van der Waals surface area contributed by atoms with E-state index in [9.17, 15) is 13.2 Å². The lowest BCUT2D eigenvalue weighted by Gasteiger charge is -2.10. The summed E-state index contributed by atoms with van der Waals surface area (Å²) in [4.78, 5) is 0. The van der Waals surface area contributed by atoms with E-state index in [4.69, 9.17) is 4.42 Å². The highest BCUT2D eigenvalue weighted by Crippen LogP contribution is 2.28. The van der Waals surface area contributed by atoms with E-state index in [1.807, 2.05) is 37.3 Å². The van der Waals surface area contributed by atoms with Crippen molar-refractivity contribution in [3.8, 4) is 0 Å². The first-order valence-corrected chi connectivity index (χ1v) is 8.64. The van der Waals surface area contributed by atoms with Gasteiger partial charge in [0.1, 0.15) is 6.61 Å². The topological polar surface area (TPSA) is 48.2 Å². The van der Waals surface area contributed by atoms with E-state index in [-0.39, 0.29) is 12.5 Å². The van der Waals surface area contributed by atoms with Gasteiger partial charge in [-0.2, -0.15) is 13.2 Å². The summed E-state index contributed by atoms with van der Waals surface area (Å²) in [6, 6.07) is 9.91. The van der Waals surface area contributed by atoms with Gasteiger partial charge in [0.15, 0.2) is 0 Å². The quantitative estimate of drug-likeness (QED) is 0.480. The Morgan fingerprint density at radius 2 is 1.96 bits per heavy atom. The number of halogens is 3. The number of thioether (sulfide) groups is 1. The van der Waals surface area contributed by atoms with Gasteiger partial charge in [0.2, 0.25) is 5.89 Å². The Kier molecular flexibility index (Phi) is 7.11. The Labute approximate surface area is 142 Å². The number of aromatic nitrogens is 2. The molecule has 1 aromatic heterocycles. The van der Waals surface area contributed by atoms with Crippen molar-refractivity contribution in [2.24, 2.45) is 0 Å². The van der Waals surface area contributed by atoms with Crippen LogP contribution >= 0.6 is 11.8 Å². The molecule has 0 saturated carbocycles. The van der Waals surface area contributed by atoms with Crippen LogP contribution in [0.2, 0.25) is 0 Å². The molecule has 2 rings (SSSR count). The van der Waals surface area contributed by atoms with Crippen molar-refractivity contribution in [2.45, 2.75) is 37.1 Å². The van der Waals surface area contributed by atoms with Crippen LogP contribution in [0.5, 0.6) is 0 Å². The first-order valence-electron chi connectivity index (χ1n) is 7.65. The number of alkyl halides is 3. The highest BCUT2D eigenvalue weighted by molar-refractivity contribution is 7.99. The molecule has 0 aliphatic heterocycles. The van der Waals surface area contributed by atoms with Crippen molar-refractivity contribution in [3.63, 3.8) is 0 Å². The number of ether oxygens (including phenoxy) is 1. The predicted molar refractivity (Wildman–Crippen MR) is 85.1 cm³/mol. The highest BCUT2D eigenvalue weighted by atomic mass is 32.2. The van der Waals surface area contributed by atoms with Gasteiger partial charge in [-0.3, -0.25) is 0 Å². The molecule has 0 fully saturated rings. The normalized spacial score (nSPS) is 13.2. The maximum atomic E-state index is 11.9. The van der Waals surface area contributed by atoms with E-state index in [2.05, 4.69) is 14.9 Å². The summed E-state index contributed by atoms with van der Waals surface area (Å²) in [6.07, 6.45) is -2.96. The summed E-state index contributed by atoms with van der Waals surface area (Å²) >= 11 is 1.32. The summed E-state index contributed by atoms with van der Waals surface area (Å²) in [7, 11) is 0. The molecule has 1 unspecified atom stereocenters. The minimum atomic E-state index is -4.28.